The van der Waals surface area contributed by atoms with Crippen LogP contribution in [0.4, 0.5) is 5.82 Å². The molecule has 2 N–H and O–H groups in total. The second-order valence-corrected chi connectivity index (χ2v) is 7.13. The Bertz CT molecular complexity index is 475. The monoisotopic (exact) mass is 277 g/mol. The van der Waals surface area contributed by atoms with Crippen LogP contribution in [0, 0.1) is 0 Å². The van der Waals surface area contributed by atoms with Crippen molar-refractivity contribution in [2.75, 3.05) is 17.2 Å². The number of aryl methyl sites for hydroxylation is 2. The van der Waals surface area contributed by atoms with Gasteiger partial charge in [-0.15, -0.1) is 0 Å². The van der Waals surface area contributed by atoms with Crippen molar-refractivity contribution in [2.45, 2.75) is 50.9 Å². The minimum atomic E-state index is 0.538. The fraction of sp³-hybridized carbons (Fsp3) is 0.667. The molecule has 2 heterocycles. The molecule has 1 fully saturated rings. The molecule has 0 radical (unpaired) electrons. The van der Waals surface area contributed by atoms with E-state index in [2.05, 4.69) is 36.6 Å². The van der Waals surface area contributed by atoms with Crippen LogP contribution in [0.5, 0.6) is 0 Å². The summed E-state index contributed by atoms with van der Waals surface area (Å²) in [6, 6.07) is 2.85. The molecule has 104 valence electrons. The largest absolute Gasteiger partial charge is 0.352 e. The van der Waals surface area contributed by atoms with E-state index in [-0.39, 0.29) is 0 Å². The van der Waals surface area contributed by atoms with Crippen molar-refractivity contribution in [1.29, 1.82) is 0 Å². The smallest absolute Gasteiger partial charge is 0.133 e. The van der Waals surface area contributed by atoms with Crippen LogP contribution in [0.2, 0.25) is 0 Å². The van der Waals surface area contributed by atoms with E-state index >= 15 is 0 Å². The Balaban J connectivity index is 1.99. The van der Waals surface area contributed by atoms with E-state index in [1.54, 1.807) is 0 Å². The van der Waals surface area contributed by atoms with Crippen molar-refractivity contribution in [1.82, 2.24) is 4.98 Å². The van der Waals surface area contributed by atoms with Crippen LogP contribution in [0.25, 0.3) is 0 Å². The van der Waals surface area contributed by atoms with Gasteiger partial charge in [-0.05, 0) is 37.8 Å². The molecule has 3 rings (SSSR count). The third-order valence-electron chi connectivity index (χ3n) is 4.48. The summed E-state index contributed by atoms with van der Waals surface area (Å²) in [6.07, 6.45) is 3.56. The fourth-order valence-electron chi connectivity index (χ4n) is 3.14. The Kier molecular flexibility index (Phi) is 3.72. The van der Waals surface area contributed by atoms with Gasteiger partial charge < -0.3 is 10.6 Å². The Labute approximate surface area is 120 Å². The van der Waals surface area contributed by atoms with Gasteiger partial charge in [0.1, 0.15) is 5.82 Å². The first kappa shape index (κ1) is 13.3. The number of fused-ring (bicyclic) bond motifs is 1. The van der Waals surface area contributed by atoms with Gasteiger partial charge in [0, 0.05) is 41.4 Å². The number of pyridine rings is 1. The zero-order chi connectivity index (χ0) is 13.4. The summed E-state index contributed by atoms with van der Waals surface area (Å²) in [5.74, 6) is 2.34. The zero-order valence-corrected chi connectivity index (χ0v) is 12.7. The highest BCUT2D eigenvalue weighted by atomic mass is 32.2. The van der Waals surface area contributed by atoms with Crippen LogP contribution >= 0.6 is 11.8 Å². The van der Waals surface area contributed by atoms with Gasteiger partial charge >= 0.3 is 0 Å². The standard InChI is InChI=1S/C15H23N3S/c1-10-11(2)19-7-6-18(10)15-13(9-16)8-12-4-3-5-14(12)17-15/h8,10-11H,3-7,9,16H2,1-2H3. The van der Waals surface area contributed by atoms with Gasteiger partial charge in [0.05, 0.1) is 0 Å². The average molecular weight is 277 g/mol. The molecule has 1 aliphatic carbocycles. The lowest BCUT2D eigenvalue weighted by atomic mass is 10.1. The van der Waals surface area contributed by atoms with Crippen molar-refractivity contribution in [3.05, 3.63) is 22.9 Å². The number of nitrogens with two attached hydrogens (primary N) is 1. The quantitative estimate of drug-likeness (QED) is 0.901. The molecule has 1 aromatic rings. The number of thioether (sulfide) groups is 1. The summed E-state index contributed by atoms with van der Waals surface area (Å²) in [7, 11) is 0. The molecule has 1 saturated heterocycles. The molecule has 1 aromatic heterocycles. The minimum Gasteiger partial charge on any atom is -0.352 e. The highest BCUT2D eigenvalue weighted by molar-refractivity contribution is 8.00. The van der Waals surface area contributed by atoms with Gasteiger partial charge in [0.15, 0.2) is 0 Å². The van der Waals surface area contributed by atoms with E-state index in [0.717, 1.165) is 18.8 Å². The van der Waals surface area contributed by atoms with Crippen LogP contribution < -0.4 is 10.6 Å². The highest BCUT2D eigenvalue weighted by Crippen LogP contribution is 2.32. The van der Waals surface area contributed by atoms with Gasteiger partial charge in [-0.3, -0.25) is 0 Å². The molecule has 0 bridgehead atoms. The van der Waals surface area contributed by atoms with Gasteiger partial charge in [0.2, 0.25) is 0 Å². The van der Waals surface area contributed by atoms with Crippen LogP contribution in [-0.2, 0) is 19.4 Å². The molecule has 0 saturated carbocycles. The van der Waals surface area contributed by atoms with Crippen molar-refractivity contribution >= 4 is 17.6 Å². The summed E-state index contributed by atoms with van der Waals surface area (Å²) in [5.41, 5.74) is 9.93. The van der Waals surface area contributed by atoms with E-state index < -0.39 is 0 Å². The van der Waals surface area contributed by atoms with Gasteiger partial charge in [-0.1, -0.05) is 6.92 Å². The Morgan fingerprint density at radius 1 is 1.42 bits per heavy atom. The Morgan fingerprint density at radius 2 is 2.26 bits per heavy atom. The van der Waals surface area contributed by atoms with Crippen molar-refractivity contribution in [3.8, 4) is 0 Å². The number of aromatic nitrogens is 1. The lowest BCUT2D eigenvalue weighted by Gasteiger charge is -2.39. The topological polar surface area (TPSA) is 42.2 Å². The summed E-state index contributed by atoms with van der Waals surface area (Å²) in [4.78, 5) is 7.44. The normalized spacial score (nSPS) is 26.6. The molecule has 3 nitrogen and oxygen atoms in total. The maximum Gasteiger partial charge on any atom is 0.133 e. The van der Waals surface area contributed by atoms with Crippen molar-refractivity contribution in [2.24, 2.45) is 5.73 Å². The van der Waals surface area contributed by atoms with E-state index in [1.807, 2.05) is 0 Å². The lowest BCUT2D eigenvalue weighted by molar-refractivity contribution is 0.616. The van der Waals surface area contributed by atoms with E-state index in [1.165, 1.54) is 35.4 Å². The summed E-state index contributed by atoms with van der Waals surface area (Å²) in [6.45, 7) is 6.32. The van der Waals surface area contributed by atoms with E-state index in [0.29, 0.717) is 17.8 Å². The maximum absolute atomic E-state index is 5.96. The molecule has 19 heavy (non-hydrogen) atoms. The Hall–Kier alpha value is -0.740. The first-order chi connectivity index (χ1) is 9.20. The molecule has 0 amide bonds. The first-order valence-electron chi connectivity index (χ1n) is 7.30. The highest BCUT2D eigenvalue weighted by Gasteiger charge is 2.28. The number of rotatable bonds is 2. The van der Waals surface area contributed by atoms with Crippen LogP contribution in [-0.4, -0.2) is 28.6 Å². The van der Waals surface area contributed by atoms with Crippen molar-refractivity contribution in [3.63, 3.8) is 0 Å². The minimum absolute atomic E-state index is 0.538. The molecule has 4 heteroatoms. The molecular formula is C15H23N3S. The molecule has 0 aromatic carbocycles. The molecule has 0 spiro atoms. The second kappa shape index (κ2) is 5.33. The predicted octanol–water partition coefficient (Wildman–Crippen LogP) is 2.36. The molecule has 2 atom stereocenters. The third kappa shape index (κ3) is 2.36. The second-order valence-electron chi connectivity index (χ2n) is 5.64. The van der Waals surface area contributed by atoms with Gasteiger partial charge in [-0.2, -0.15) is 11.8 Å². The molecule has 2 aliphatic rings. The Morgan fingerprint density at radius 3 is 3.05 bits per heavy atom. The average Bonchev–Trinajstić information content (AvgIpc) is 2.87. The number of nitrogens with zero attached hydrogens (tertiary/aromatic N) is 2. The van der Waals surface area contributed by atoms with Crippen molar-refractivity contribution < 1.29 is 0 Å². The maximum atomic E-state index is 5.96. The van der Waals surface area contributed by atoms with Gasteiger partial charge in [0.25, 0.3) is 0 Å². The lowest BCUT2D eigenvalue weighted by Crippen LogP contribution is -2.45. The molecule has 1 aliphatic heterocycles. The number of anilines is 1. The SMILES string of the molecule is CC1SCCN(c2nc3c(cc2CN)CCC3)C1C. The summed E-state index contributed by atoms with van der Waals surface area (Å²) < 4.78 is 0. The first-order valence-corrected chi connectivity index (χ1v) is 8.35. The van der Waals surface area contributed by atoms with Crippen LogP contribution in [0.3, 0.4) is 0 Å². The van der Waals surface area contributed by atoms with E-state index in [9.17, 15) is 0 Å². The third-order valence-corrected chi connectivity index (χ3v) is 5.82. The van der Waals surface area contributed by atoms with Gasteiger partial charge in [-0.25, -0.2) is 4.98 Å². The number of hydrogen-bond acceptors (Lipinski definition) is 4. The summed E-state index contributed by atoms with van der Waals surface area (Å²) >= 11 is 2.06. The van der Waals surface area contributed by atoms with Crippen LogP contribution in [0.1, 0.15) is 37.1 Å². The fourth-order valence-corrected chi connectivity index (χ4v) is 4.24. The molecule has 2 unspecified atom stereocenters. The van der Waals surface area contributed by atoms with E-state index in [4.69, 9.17) is 10.7 Å². The summed E-state index contributed by atoms with van der Waals surface area (Å²) in [5, 5.41) is 0.662. The van der Waals surface area contributed by atoms with Crippen LogP contribution in [0.15, 0.2) is 6.07 Å². The molecular weight excluding hydrogens is 254 g/mol. The number of hydrogen-bond donors (Lipinski definition) is 1. The zero-order valence-electron chi connectivity index (χ0n) is 11.9. The predicted molar refractivity (Wildman–Crippen MR) is 82.9 cm³/mol.